The molecule has 1 aliphatic rings. The highest BCUT2D eigenvalue weighted by Gasteiger charge is 2.31. The molecule has 1 unspecified atom stereocenters. The van der Waals surface area contributed by atoms with Gasteiger partial charge in [-0.15, -0.1) is 0 Å². The molecule has 0 amide bonds. The molecule has 2 rings (SSSR count). The van der Waals surface area contributed by atoms with E-state index in [4.69, 9.17) is 5.73 Å². The molecule has 0 spiro atoms. The van der Waals surface area contributed by atoms with E-state index in [0.717, 1.165) is 18.9 Å². The van der Waals surface area contributed by atoms with Crippen molar-refractivity contribution in [3.63, 3.8) is 0 Å². The summed E-state index contributed by atoms with van der Waals surface area (Å²) in [5.41, 5.74) is 5.74. The molecular formula is C14H19F3N2. The van der Waals surface area contributed by atoms with Crippen LogP contribution in [0.5, 0.6) is 0 Å². The molecule has 1 fully saturated rings. The Bertz CT molecular complexity index is 413. The Morgan fingerprint density at radius 1 is 1.32 bits per heavy atom. The van der Waals surface area contributed by atoms with Gasteiger partial charge < -0.3 is 11.1 Å². The van der Waals surface area contributed by atoms with Crippen molar-refractivity contribution >= 4 is 0 Å². The van der Waals surface area contributed by atoms with Crippen LogP contribution in [0.25, 0.3) is 0 Å². The zero-order valence-corrected chi connectivity index (χ0v) is 10.7. The third kappa shape index (κ3) is 3.70. The largest absolute Gasteiger partial charge is 0.416 e. The topological polar surface area (TPSA) is 38.0 Å². The predicted molar refractivity (Wildman–Crippen MR) is 68.9 cm³/mol. The molecule has 1 aromatic rings. The lowest BCUT2D eigenvalue weighted by atomic mass is 9.91. The van der Waals surface area contributed by atoms with Gasteiger partial charge in [0.2, 0.25) is 0 Å². The lowest BCUT2D eigenvalue weighted by Gasteiger charge is -2.29. The monoisotopic (exact) mass is 272 g/mol. The van der Waals surface area contributed by atoms with Gasteiger partial charge in [-0.1, -0.05) is 24.6 Å². The Kier molecular flexibility index (Phi) is 4.47. The van der Waals surface area contributed by atoms with Crippen LogP contribution in [0.2, 0.25) is 0 Å². The highest BCUT2D eigenvalue weighted by Crippen LogP contribution is 2.31. The van der Waals surface area contributed by atoms with Crippen molar-refractivity contribution in [2.45, 2.75) is 37.4 Å². The SMILES string of the molecule is NCC(CNC1CCC1)c1cccc(C(F)(F)F)c1. The van der Waals surface area contributed by atoms with Crippen LogP contribution in [0.15, 0.2) is 24.3 Å². The fourth-order valence-corrected chi connectivity index (χ4v) is 2.23. The summed E-state index contributed by atoms with van der Waals surface area (Å²) in [6.45, 7) is 0.990. The first-order chi connectivity index (χ1) is 9.00. The molecular weight excluding hydrogens is 253 g/mol. The highest BCUT2D eigenvalue weighted by molar-refractivity contribution is 5.28. The van der Waals surface area contributed by atoms with Gasteiger partial charge in [-0.2, -0.15) is 13.2 Å². The number of halogens is 3. The predicted octanol–water partition coefficient (Wildman–Crippen LogP) is 2.89. The molecule has 106 valence electrons. The molecule has 1 saturated carbocycles. The Labute approximate surface area is 111 Å². The van der Waals surface area contributed by atoms with Crippen LogP contribution in [0, 0.1) is 0 Å². The second-order valence-corrected chi connectivity index (χ2v) is 5.09. The Morgan fingerprint density at radius 3 is 2.58 bits per heavy atom. The number of benzene rings is 1. The summed E-state index contributed by atoms with van der Waals surface area (Å²) in [6, 6.07) is 5.98. The van der Waals surface area contributed by atoms with E-state index in [2.05, 4.69) is 5.32 Å². The normalized spacial score (nSPS) is 18.1. The Morgan fingerprint density at radius 2 is 2.05 bits per heavy atom. The van der Waals surface area contributed by atoms with Crippen molar-refractivity contribution in [3.05, 3.63) is 35.4 Å². The van der Waals surface area contributed by atoms with Gasteiger partial charge in [0.15, 0.2) is 0 Å². The second-order valence-electron chi connectivity index (χ2n) is 5.09. The van der Waals surface area contributed by atoms with Crippen LogP contribution >= 0.6 is 0 Å². The van der Waals surface area contributed by atoms with E-state index >= 15 is 0 Å². The van der Waals surface area contributed by atoms with Gasteiger partial charge in [0, 0.05) is 25.0 Å². The summed E-state index contributed by atoms with van der Waals surface area (Å²) in [4.78, 5) is 0. The van der Waals surface area contributed by atoms with E-state index in [-0.39, 0.29) is 5.92 Å². The Balaban J connectivity index is 2.04. The minimum atomic E-state index is -4.30. The van der Waals surface area contributed by atoms with E-state index in [9.17, 15) is 13.2 Å². The first-order valence-corrected chi connectivity index (χ1v) is 6.61. The molecule has 5 heteroatoms. The minimum absolute atomic E-state index is 0.0668. The van der Waals surface area contributed by atoms with Gasteiger partial charge >= 0.3 is 6.18 Å². The van der Waals surface area contributed by atoms with Crippen molar-refractivity contribution < 1.29 is 13.2 Å². The van der Waals surface area contributed by atoms with Crippen molar-refractivity contribution in [1.29, 1.82) is 0 Å². The second kappa shape index (κ2) is 5.92. The standard InChI is InChI=1S/C14H19F3N2/c15-14(16,17)12-4-1-3-10(7-12)11(8-18)9-19-13-5-2-6-13/h1,3-4,7,11,13,19H,2,5-6,8-9,18H2. The minimum Gasteiger partial charge on any atom is -0.330 e. The molecule has 19 heavy (non-hydrogen) atoms. The van der Waals surface area contributed by atoms with E-state index in [1.165, 1.54) is 18.6 Å². The molecule has 0 bridgehead atoms. The summed E-state index contributed by atoms with van der Waals surface area (Å²) in [5.74, 6) is -0.0668. The maximum Gasteiger partial charge on any atom is 0.416 e. The molecule has 1 atom stereocenters. The van der Waals surface area contributed by atoms with Crippen LogP contribution < -0.4 is 11.1 Å². The molecule has 3 N–H and O–H groups in total. The van der Waals surface area contributed by atoms with E-state index in [1.807, 2.05) is 0 Å². The zero-order valence-electron chi connectivity index (χ0n) is 10.7. The Hall–Kier alpha value is -1.07. The number of nitrogens with two attached hydrogens (primary N) is 1. The van der Waals surface area contributed by atoms with Crippen LogP contribution in [0.3, 0.4) is 0 Å². The van der Waals surface area contributed by atoms with Crippen molar-refractivity contribution in [3.8, 4) is 0 Å². The molecule has 0 aromatic heterocycles. The van der Waals surface area contributed by atoms with Gasteiger partial charge in [0.1, 0.15) is 0 Å². The van der Waals surface area contributed by atoms with Gasteiger partial charge in [0.05, 0.1) is 5.56 Å². The lowest BCUT2D eigenvalue weighted by Crippen LogP contribution is -2.39. The van der Waals surface area contributed by atoms with Crippen molar-refractivity contribution in [2.24, 2.45) is 5.73 Å². The van der Waals surface area contributed by atoms with Crippen LogP contribution in [-0.2, 0) is 6.18 Å². The quantitative estimate of drug-likeness (QED) is 0.865. The highest BCUT2D eigenvalue weighted by atomic mass is 19.4. The molecule has 0 aliphatic heterocycles. The zero-order chi connectivity index (χ0) is 13.9. The molecule has 1 aliphatic carbocycles. The van der Waals surface area contributed by atoms with Crippen LogP contribution in [-0.4, -0.2) is 19.1 Å². The van der Waals surface area contributed by atoms with E-state index < -0.39 is 11.7 Å². The van der Waals surface area contributed by atoms with E-state index in [0.29, 0.717) is 24.7 Å². The number of hydrogen-bond acceptors (Lipinski definition) is 2. The number of rotatable bonds is 5. The van der Waals surface area contributed by atoms with Gasteiger partial charge in [-0.3, -0.25) is 0 Å². The third-order valence-electron chi connectivity index (χ3n) is 3.73. The van der Waals surface area contributed by atoms with Gasteiger partial charge in [-0.25, -0.2) is 0 Å². The van der Waals surface area contributed by atoms with Crippen LogP contribution in [0.1, 0.15) is 36.3 Å². The summed E-state index contributed by atoms with van der Waals surface area (Å²) in [7, 11) is 0. The maximum atomic E-state index is 12.7. The molecule has 2 nitrogen and oxygen atoms in total. The first-order valence-electron chi connectivity index (χ1n) is 6.61. The van der Waals surface area contributed by atoms with Gasteiger partial charge in [-0.05, 0) is 24.5 Å². The summed E-state index contributed by atoms with van der Waals surface area (Å²) in [6.07, 6.45) is -0.759. The van der Waals surface area contributed by atoms with Gasteiger partial charge in [0.25, 0.3) is 0 Å². The summed E-state index contributed by atoms with van der Waals surface area (Å²) >= 11 is 0. The number of hydrogen-bond donors (Lipinski definition) is 2. The number of nitrogens with one attached hydrogen (secondary N) is 1. The smallest absolute Gasteiger partial charge is 0.330 e. The van der Waals surface area contributed by atoms with Crippen molar-refractivity contribution in [1.82, 2.24) is 5.32 Å². The summed E-state index contributed by atoms with van der Waals surface area (Å²) in [5, 5.41) is 3.37. The average molecular weight is 272 g/mol. The summed E-state index contributed by atoms with van der Waals surface area (Å²) < 4.78 is 38.0. The lowest BCUT2D eigenvalue weighted by molar-refractivity contribution is -0.137. The fourth-order valence-electron chi connectivity index (χ4n) is 2.23. The maximum absolute atomic E-state index is 12.7. The molecule has 1 aromatic carbocycles. The molecule has 0 radical (unpaired) electrons. The van der Waals surface area contributed by atoms with E-state index in [1.54, 1.807) is 6.07 Å². The molecule has 0 saturated heterocycles. The molecule has 0 heterocycles. The third-order valence-corrected chi connectivity index (χ3v) is 3.73. The number of alkyl halides is 3. The fraction of sp³-hybridized carbons (Fsp3) is 0.571. The first kappa shape index (κ1) is 14.3. The van der Waals surface area contributed by atoms with Crippen molar-refractivity contribution in [2.75, 3.05) is 13.1 Å². The van der Waals surface area contributed by atoms with Crippen LogP contribution in [0.4, 0.5) is 13.2 Å². The average Bonchev–Trinajstić information content (AvgIpc) is 2.31.